The second-order valence-corrected chi connectivity index (χ2v) is 3.78. The molecule has 0 aromatic carbocycles. The molecule has 1 unspecified atom stereocenters. The normalized spacial score (nSPS) is 12.5. The summed E-state index contributed by atoms with van der Waals surface area (Å²) >= 11 is 0. The van der Waals surface area contributed by atoms with E-state index in [-0.39, 0.29) is 5.78 Å². The van der Waals surface area contributed by atoms with Gasteiger partial charge in [0.05, 0.1) is 13.3 Å². The summed E-state index contributed by atoms with van der Waals surface area (Å²) in [7, 11) is 3.26. The maximum absolute atomic E-state index is 12.3. The molecule has 0 spiro atoms. The quantitative estimate of drug-likeness (QED) is 0.682. The minimum atomic E-state index is -0.408. The Balaban J connectivity index is 2.95. The lowest BCUT2D eigenvalue weighted by atomic mass is 10.1. The van der Waals surface area contributed by atoms with Crippen LogP contribution in [-0.4, -0.2) is 35.4 Å². The molecule has 0 amide bonds. The van der Waals surface area contributed by atoms with Crippen molar-refractivity contribution in [1.29, 1.82) is 0 Å². The third-order valence-electron chi connectivity index (χ3n) is 2.57. The third kappa shape index (κ3) is 3.06. The van der Waals surface area contributed by atoms with E-state index in [4.69, 9.17) is 9.47 Å². The molecule has 5 heteroatoms. The first kappa shape index (κ1) is 13.7. The Labute approximate surface area is 102 Å². The van der Waals surface area contributed by atoms with Gasteiger partial charge >= 0.3 is 0 Å². The number of hydrogen-bond donors (Lipinski definition) is 0. The van der Waals surface area contributed by atoms with Crippen LogP contribution in [0.3, 0.4) is 0 Å². The average molecular weight is 240 g/mol. The summed E-state index contributed by atoms with van der Waals surface area (Å²) in [6.07, 6.45) is 2.74. The van der Waals surface area contributed by atoms with Gasteiger partial charge in [-0.1, -0.05) is 13.3 Å². The van der Waals surface area contributed by atoms with E-state index < -0.39 is 6.10 Å². The van der Waals surface area contributed by atoms with Crippen LogP contribution in [0.2, 0.25) is 0 Å². The molecule has 0 fully saturated rings. The van der Waals surface area contributed by atoms with Crippen LogP contribution in [-0.2, 0) is 11.8 Å². The topological polar surface area (TPSA) is 53.4 Å². The maximum atomic E-state index is 12.3. The summed E-state index contributed by atoms with van der Waals surface area (Å²) < 4.78 is 12.1. The van der Waals surface area contributed by atoms with E-state index >= 15 is 0 Å². The predicted octanol–water partition coefficient (Wildman–Crippen LogP) is 1.82. The van der Waals surface area contributed by atoms with Crippen molar-refractivity contribution in [3.8, 4) is 5.75 Å². The van der Waals surface area contributed by atoms with Crippen LogP contribution in [0.15, 0.2) is 6.20 Å². The Kier molecular flexibility index (Phi) is 5.15. The second kappa shape index (κ2) is 6.39. The van der Waals surface area contributed by atoms with Gasteiger partial charge in [-0.05, 0) is 13.3 Å². The first-order chi connectivity index (χ1) is 8.15. The second-order valence-electron chi connectivity index (χ2n) is 3.78. The molecule has 1 aromatic heterocycles. The van der Waals surface area contributed by atoms with Gasteiger partial charge in [0.1, 0.15) is 11.8 Å². The Morgan fingerprint density at radius 2 is 2.24 bits per heavy atom. The first-order valence-electron chi connectivity index (χ1n) is 5.87. The summed E-state index contributed by atoms with van der Waals surface area (Å²) in [6, 6.07) is 0. The highest BCUT2D eigenvalue weighted by molar-refractivity contribution is 6.00. The minimum Gasteiger partial charge on any atom is -0.493 e. The molecular weight excluding hydrogens is 220 g/mol. The Morgan fingerprint density at radius 3 is 2.76 bits per heavy atom. The van der Waals surface area contributed by atoms with E-state index in [1.807, 2.05) is 13.8 Å². The van der Waals surface area contributed by atoms with Gasteiger partial charge in [-0.15, -0.1) is 0 Å². The van der Waals surface area contributed by atoms with Gasteiger partial charge in [0.25, 0.3) is 0 Å². The zero-order chi connectivity index (χ0) is 12.8. The van der Waals surface area contributed by atoms with E-state index in [1.165, 1.54) is 11.8 Å². The van der Waals surface area contributed by atoms with Crippen molar-refractivity contribution in [3.05, 3.63) is 11.9 Å². The molecule has 0 aliphatic heterocycles. The van der Waals surface area contributed by atoms with Crippen LogP contribution < -0.4 is 4.74 Å². The lowest BCUT2D eigenvalue weighted by Crippen LogP contribution is -2.26. The van der Waals surface area contributed by atoms with Gasteiger partial charge in [0, 0.05) is 13.7 Å². The van der Waals surface area contributed by atoms with Crippen molar-refractivity contribution >= 4 is 5.78 Å². The molecule has 96 valence electrons. The highest BCUT2D eigenvalue weighted by Gasteiger charge is 2.26. The lowest BCUT2D eigenvalue weighted by Gasteiger charge is -2.15. The number of ether oxygens (including phenoxy) is 2. The molecule has 1 atom stereocenters. The van der Waals surface area contributed by atoms with E-state index in [0.717, 1.165) is 6.42 Å². The van der Waals surface area contributed by atoms with Gasteiger partial charge < -0.3 is 9.47 Å². The third-order valence-corrected chi connectivity index (χ3v) is 2.57. The van der Waals surface area contributed by atoms with E-state index in [0.29, 0.717) is 24.5 Å². The first-order valence-corrected chi connectivity index (χ1v) is 5.87. The van der Waals surface area contributed by atoms with E-state index in [9.17, 15) is 4.79 Å². The average Bonchev–Trinajstić information content (AvgIpc) is 2.69. The maximum Gasteiger partial charge on any atom is 0.213 e. The number of carbonyl (C=O) groups excluding carboxylic acids is 1. The minimum absolute atomic E-state index is 0.0643. The SMILES string of the molecule is CCCC(OCC)C(=O)c1c(OC)cnn1C. The molecular formula is C12H20N2O3. The molecule has 1 aromatic rings. The summed E-state index contributed by atoms with van der Waals surface area (Å²) in [4.78, 5) is 12.3. The van der Waals surface area contributed by atoms with Gasteiger partial charge in [-0.3, -0.25) is 9.48 Å². The molecule has 0 bridgehead atoms. The fourth-order valence-electron chi connectivity index (χ4n) is 1.75. The van der Waals surface area contributed by atoms with Crippen LogP contribution in [0, 0.1) is 0 Å². The molecule has 0 radical (unpaired) electrons. The number of nitrogens with zero attached hydrogens (tertiary/aromatic N) is 2. The molecule has 0 aliphatic carbocycles. The molecule has 5 nitrogen and oxygen atoms in total. The van der Waals surface area contributed by atoms with Crippen molar-refractivity contribution in [2.75, 3.05) is 13.7 Å². The summed E-state index contributed by atoms with van der Waals surface area (Å²) in [6.45, 7) is 4.44. The monoisotopic (exact) mass is 240 g/mol. The molecule has 0 saturated heterocycles. The number of rotatable bonds is 7. The van der Waals surface area contributed by atoms with Crippen molar-refractivity contribution in [2.24, 2.45) is 7.05 Å². The summed E-state index contributed by atoms with van der Waals surface area (Å²) in [5.74, 6) is 0.434. The Morgan fingerprint density at radius 1 is 1.53 bits per heavy atom. The van der Waals surface area contributed by atoms with Crippen LogP contribution >= 0.6 is 0 Å². The predicted molar refractivity (Wildman–Crippen MR) is 64.4 cm³/mol. The van der Waals surface area contributed by atoms with Crippen molar-refractivity contribution in [3.63, 3.8) is 0 Å². The van der Waals surface area contributed by atoms with Crippen molar-refractivity contribution < 1.29 is 14.3 Å². The Hall–Kier alpha value is -1.36. The number of Topliss-reactive ketones (excluding diaryl/α,β-unsaturated/α-hetero) is 1. The molecule has 1 heterocycles. The van der Waals surface area contributed by atoms with Gasteiger partial charge in [0.15, 0.2) is 5.75 Å². The molecule has 1 rings (SSSR count). The fourth-order valence-corrected chi connectivity index (χ4v) is 1.75. The van der Waals surface area contributed by atoms with Crippen molar-refractivity contribution in [1.82, 2.24) is 9.78 Å². The summed E-state index contributed by atoms with van der Waals surface area (Å²) in [5, 5.41) is 4.03. The lowest BCUT2D eigenvalue weighted by molar-refractivity contribution is 0.0412. The van der Waals surface area contributed by atoms with E-state index in [2.05, 4.69) is 5.10 Å². The van der Waals surface area contributed by atoms with Crippen LogP contribution in [0.5, 0.6) is 5.75 Å². The molecule has 0 N–H and O–H groups in total. The molecule has 0 saturated carbocycles. The van der Waals surface area contributed by atoms with Crippen LogP contribution in [0.4, 0.5) is 0 Å². The fraction of sp³-hybridized carbons (Fsp3) is 0.667. The van der Waals surface area contributed by atoms with Gasteiger partial charge in [0.2, 0.25) is 5.78 Å². The number of hydrogen-bond acceptors (Lipinski definition) is 4. The number of carbonyl (C=O) groups is 1. The number of ketones is 1. The smallest absolute Gasteiger partial charge is 0.213 e. The van der Waals surface area contributed by atoms with Crippen LogP contribution in [0.1, 0.15) is 37.2 Å². The van der Waals surface area contributed by atoms with Crippen LogP contribution in [0.25, 0.3) is 0 Å². The van der Waals surface area contributed by atoms with E-state index in [1.54, 1.807) is 13.2 Å². The number of aromatic nitrogens is 2. The molecule has 0 aliphatic rings. The zero-order valence-electron chi connectivity index (χ0n) is 10.9. The molecule has 17 heavy (non-hydrogen) atoms. The van der Waals surface area contributed by atoms with Gasteiger partial charge in [-0.25, -0.2) is 0 Å². The number of methoxy groups -OCH3 is 1. The highest BCUT2D eigenvalue weighted by atomic mass is 16.5. The standard InChI is InChI=1S/C12H20N2O3/c1-5-7-9(17-6-2)12(15)11-10(16-4)8-13-14(11)3/h8-9H,5-7H2,1-4H3. The summed E-state index contributed by atoms with van der Waals surface area (Å²) in [5.41, 5.74) is 0.472. The number of aryl methyl sites for hydroxylation is 1. The zero-order valence-corrected chi connectivity index (χ0v) is 10.9. The van der Waals surface area contributed by atoms with Gasteiger partial charge in [-0.2, -0.15) is 5.10 Å². The van der Waals surface area contributed by atoms with Crippen molar-refractivity contribution in [2.45, 2.75) is 32.8 Å². The largest absolute Gasteiger partial charge is 0.493 e. The Bertz CT molecular complexity index is 368. The highest BCUT2D eigenvalue weighted by Crippen LogP contribution is 2.20.